The Bertz CT molecular complexity index is 1640. The minimum atomic E-state index is 0.336. The van der Waals surface area contributed by atoms with Crippen LogP contribution in [0.5, 0.6) is 0 Å². The number of hydrogen-bond donors (Lipinski definition) is 2. The van der Waals surface area contributed by atoms with Crippen LogP contribution < -0.4 is 11.1 Å². The number of nitrogens with zero attached hydrogens (tertiary/aromatic N) is 8. The average Bonchev–Trinajstić information content (AvgIpc) is 3.55. The van der Waals surface area contributed by atoms with Gasteiger partial charge in [-0.3, -0.25) is 4.90 Å². The zero-order valence-corrected chi connectivity index (χ0v) is 23.2. The van der Waals surface area contributed by atoms with E-state index in [4.69, 9.17) is 20.8 Å². The van der Waals surface area contributed by atoms with E-state index in [2.05, 4.69) is 42.5 Å². The number of benzene rings is 2. The molecule has 10 heteroatoms. The van der Waals surface area contributed by atoms with E-state index < -0.39 is 0 Å². The van der Waals surface area contributed by atoms with Crippen LogP contribution in [0, 0.1) is 0 Å². The normalized spacial score (nSPS) is 20.9. The highest BCUT2D eigenvalue weighted by molar-refractivity contribution is 5.87. The van der Waals surface area contributed by atoms with Gasteiger partial charge in [-0.25, -0.2) is 19.6 Å². The molecule has 40 heavy (non-hydrogen) atoms. The number of piperazine rings is 1. The molecule has 10 nitrogen and oxygen atoms in total. The highest BCUT2D eigenvalue weighted by Crippen LogP contribution is 2.34. The summed E-state index contributed by atoms with van der Waals surface area (Å²) in [5.74, 6) is 1.88. The summed E-state index contributed by atoms with van der Waals surface area (Å²) in [7, 11) is 4.23. The van der Waals surface area contributed by atoms with Gasteiger partial charge in [0, 0.05) is 50.5 Å². The Hall–Kier alpha value is -4.02. The fraction of sp³-hybridized carbons (Fsp3) is 0.400. The highest BCUT2D eigenvalue weighted by Gasteiger charge is 2.29. The van der Waals surface area contributed by atoms with E-state index >= 15 is 0 Å². The average molecular weight is 537 g/mol. The molecule has 1 aliphatic carbocycles. The number of nitrogens with one attached hydrogen (secondary N) is 1. The van der Waals surface area contributed by atoms with E-state index in [0.717, 1.165) is 52.1 Å². The Kier molecular flexibility index (Phi) is 6.36. The Labute approximate surface area is 233 Å². The van der Waals surface area contributed by atoms with Gasteiger partial charge in [0.25, 0.3) is 0 Å². The van der Waals surface area contributed by atoms with Crippen LogP contribution in [0.15, 0.2) is 54.7 Å². The molecule has 7 rings (SSSR count). The summed E-state index contributed by atoms with van der Waals surface area (Å²) in [5.41, 5.74) is 11.1. The van der Waals surface area contributed by atoms with Crippen LogP contribution in [0.25, 0.3) is 33.5 Å². The van der Waals surface area contributed by atoms with Crippen molar-refractivity contribution in [1.29, 1.82) is 0 Å². The maximum absolute atomic E-state index is 6.42. The SMILES string of the molecule is CN1CCN(C2CCC(n3ncc4c(N)nc(-c5ccc(Nc6nc7ccccc7n6C)cc5)nc43)CC2)CC1. The van der Waals surface area contributed by atoms with Crippen molar-refractivity contribution in [1.82, 2.24) is 39.1 Å². The predicted molar refractivity (Wildman–Crippen MR) is 160 cm³/mol. The molecule has 1 saturated heterocycles. The molecule has 2 aromatic carbocycles. The first-order valence-corrected chi connectivity index (χ1v) is 14.3. The Balaban J connectivity index is 1.09. The largest absolute Gasteiger partial charge is 0.383 e. The lowest BCUT2D eigenvalue weighted by atomic mass is 9.90. The number of likely N-dealkylation sites (N-methyl/N-ethyl adjacent to an activating group) is 1. The number of hydrogen-bond acceptors (Lipinski definition) is 8. The van der Waals surface area contributed by atoms with E-state index in [0.29, 0.717) is 23.7 Å². The number of nitrogen functional groups attached to an aromatic ring is 1. The van der Waals surface area contributed by atoms with Crippen LogP contribution in [-0.2, 0) is 7.05 Å². The number of fused-ring (bicyclic) bond motifs is 2. The van der Waals surface area contributed by atoms with Crippen LogP contribution in [0.1, 0.15) is 31.7 Å². The monoisotopic (exact) mass is 536 g/mol. The van der Waals surface area contributed by atoms with Gasteiger partial charge in [-0.1, -0.05) is 12.1 Å². The van der Waals surface area contributed by atoms with E-state index in [1.807, 2.05) is 55.7 Å². The molecule has 1 aliphatic heterocycles. The molecule has 3 aromatic heterocycles. The molecule has 5 aromatic rings. The van der Waals surface area contributed by atoms with Crippen LogP contribution in [-0.4, -0.2) is 78.4 Å². The maximum atomic E-state index is 6.42. The Morgan fingerprint density at radius 1 is 0.825 bits per heavy atom. The van der Waals surface area contributed by atoms with Crippen molar-refractivity contribution in [2.45, 2.75) is 37.8 Å². The molecule has 0 amide bonds. The standard InChI is InChI=1S/C30H36N10/c1-37-15-17-39(18-16-37)22-11-13-23(14-12-22)40-29-24(19-32-40)27(31)35-28(36-29)20-7-9-21(10-8-20)33-30-34-25-5-3-4-6-26(25)38(30)2/h3-10,19,22-23H,11-18H2,1-2H3,(H,33,34)(H2,31,35,36). The number of para-hydroxylation sites is 2. The van der Waals surface area contributed by atoms with Crippen LogP contribution in [0.4, 0.5) is 17.5 Å². The van der Waals surface area contributed by atoms with E-state index in [-0.39, 0.29) is 0 Å². The van der Waals surface area contributed by atoms with Crippen molar-refractivity contribution in [2.24, 2.45) is 7.05 Å². The molecule has 206 valence electrons. The van der Waals surface area contributed by atoms with Gasteiger partial charge >= 0.3 is 0 Å². The third-order valence-electron chi connectivity index (χ3n) is 8.74. The maximum Gasteiger partial charge on any atom is 0.208 e. The predicted octanol–water partition coefficient (Wildman–Crippen LogP) is 4.44. The lowest BCUT2D eigenvalue weighted by Crippen LogP contribution is -2.49. The molecule has 0 radical (unpaired) electrons. The molecule has 2 aliphatic rings. The summed E-state index contributed by atoms with van der Waals surface area (Å²) < 4.78 is 4.15. The summed E-state index contributed by atoms with van der Waals surface area (Å²) in [5, 5.41) is 8.99. The first-order valence-electron chi connectivity index (χ1n) is 14.3. The summed E-state index contributed by atoms with van der Waals surface area (Å²) >= 11 is 0. The number of nitrogens with two attached hydrogens (primary N) is 1. The van der Waals surface area contributed by atoms with Gasteiger partial charge in [0.15, 0.2) is 11.5 Å². The van der Waals surface area contributed by atoms with Crippen LogP contribution in [0.2, 0.25) is 0 Å². The zero-order chi connectivity index (χ0) is 27.2. The number of anilines is 3. The quantitative estimate of drug-likeness (QED) is 0.340. The second kappa shape index (κ2) is 10.2. The van der Waals surface area contributed by atoms with Gasteiger partial charge in [0.05, 0.1) is 28.7 Å². The molecule has 1 saturated carbocycles. The summed E-state index contributed by atoms with van der Waals surface area (Å²) in [6.45, 7) is 4.69. The molecular weight excluding hydrogens is 500 g/mol. The molecule has 0 bridgehead atoms. The van der Waals surface area contributed by atoms with Gasteiger partial charge in [-0.15, -0.1) is 0 Å². The minimum Gasteiger partial charge on any atom is -0.383 e. The zero-order valence-electron chi connectivity index (χ0n) is 23.2. The van der Waals surface area contributed by atoms with Crippen molar-refractivity contribution in [2.75, 3.05) is 44.3 Å². The summed E-state index contributed by atoms with van der Waals surface area (Å²) in [6.07, 6.45) is 6.43. The molecule has 3 N–H and O–H groups in total. The van der Waals surface area contributed by atoms with Crippen molar-refractivity contribution >= 4 is 39.5 Å². The van der Waals surface area contributed by atoms with Gasteiger partial charge in [0.1, 0.15) is 5.82 Å². The lowest BCUT2D eigenvalue weighted by molar-refractivity contribution is 0.0815. The molecule has 2 fully saturated rings. The van der Waals surface area contributed by atoms with E-state index in [9.17, 15) is 0 Å². The van der Waals surface area contributed by atoms with Crippen molar-refractivity contribution in [3.8, 4) is 11.4 Å². The number of imidazole rings is 1. The molecule has 0 spiro atoms. The Morgan fingerprint density at radius 3 is 2.30 bits per heavy atom. The van der Waals surface area contributed by atoms with Crippen molar-refractivity contribution in [3.63, 3.8) is 0 Å². The third-order valence-corrected chi connectivity index (χ3v) is 8.74. The van der Waals surface area contributed by atoms with Gasteiger partial charge in [-0.05, 0) is 69.1 Å². The minimum absolute atomic E-state index is 0.336. The van der Waals surface area contributed by atoms with E-state index in [1.54, 1.807) is 0 Å². The van der Waals surface area contributed by atoms with Crippen LogP contribution in [0.3, 0.4) is 0 Å². The highest BCUT2D eigenvalue weighted by atomic mass is 15.3. The second-order valence-corrected chi connectivity index (χ2v) is 11.2. The van der Waals surface area contributed by atoms with Crippen molar-refractivity contribution in [3.05, 3.63) is 54.7 Å². The molecular formula is C30H36N10. The molecule has 0 atom stereocenters. The summed E-state index contributed by atoms with van der Waals surface area (Å²) in [6, 6.07) is 17.2. The molecule has 0 unspecified atom stereocenters. The lowest BCUT2D eigenvalue weighted by Gasteiger charge is -2.41. The first-order chi connectivity index (χ1) is 19.5. The van der Waals surface area contributed by atoms with Crippen molar-refractivity contribution < 1.29 is 0 Å². The molecule has 4 heterocycles. The topological polar surface area (TPSA) is 106 Å². The first kappa shape index (κ1) is 25.0. The fourth-order valence-electron chi connectivity index (χ4n) is 6.29. The van der Waals surface area contributed by atoms with E-state index in [1.165, 1.54) is 39.0 Å². The van der Waals surface area contributed by atoms with Crippen LogP contribution >= 0.6 is 0 Å². The number of aryl methyl sites for hydroxylation is 1. The smallest absolute Gasteiger partial charge is 0.208 e. The third kappa shape index (κ3) is 4.56. The fourth-order valence-corrected chi connectivity index (χ4v) is 6.29. The second-order valence-electron chi connectivity index (χ2n) is 11.2. The number of aromatic nitrogens is 6. The Morgan fingerprint density at radius 2 is 1.55 bits per heavy atom. The van der Waals surface area contributed by atoms with Gasteiger partial charge < -0.3 is 20.5 Å². The summed E-state index contributed by atoms with van der Waals surface area (Å²) in [4.78, 5) is 19.4. The van der Waals surface area contributed by atoms with Gasteiger partial charge in [-0.2, -0.15) is 5.10 Å². The number of rotatable bonds is 5. The van der Waals surface area contributed by atoms with Gasteiger partial charge in [0.2, 0.25) is 5.95 Å².